The van der Waals surface area contributed by atoms with Gasteiger partial charge in [0.05, 0.1) is 5.60 Å². The van der Waals surface area contributed by atoms with Crippen LogP contribution in [0.5, 0.6) is 0 Å². The van der Waals surface area contributed by atoms with Crippen LogP contribution in [0.2, 0.25) is 0 Å². The largest absolute Gasteiger partial charge is 0.388 e. The van der Waals surface area contributed by atoms with Crippen LogP contribution in [0.25, 0.3) is 0 Å². The van der Waals surface area contributed by atoms with E-state index in [2.05, 4.69) is 26.2 Å². The summed E-state index contributed by atoms with van der Waals surface area (Å²) in [5.41, 5.74) is -0.517. The van der Waals surface area contributed by atoms with Crippen LogP contribution < -0.4 is 5.32 Å². The molecule has 0 aliphatic heterocycles. The highest BCUT2D eigenvalue weighted by Gasteiger charge is 2.28. The van der Waals surface area contributed by atoms with Gasteiger partial charge in [0.2, 0.25) is 0 Å². The van der Waals surface area contributed by atoms with Crippen LogP contribution in [-0.4, -0.2) is 22.2 Å². The molecule has 1 fully saturated rings. The van der Waals surface area contributed by atoms with Crippen molar-refractivity contribution in [3.8, 4) is 0 Å². The molecular formula is C10H15BrN2OS. The molecule has 15 heavy (non-hydrogen) atoms. The molecule has 5 heteroatoms. The Bertz CT molecular complexity index is 323. The van der Waals surface area contributed by atoms with Gasteiger partial charge in [-0.3, -0.25) is 0 Å². The summed E-state index contributed by atoms with van der Waals surface area (Å²) >= 11 is 4.86. The minimum absolute atomic E-state index is 0.517. The molecule has 1 saturated carbocycles. The van der Waals surface area contributed by atoms with E-state index < -0.39 is 5.60 Å². The summed E-state index contributed by atoms with van der Waals surface area (Å²) in [6.45, 7) is 0.618. The van der Waals surface area contributed by atoms with E-state index in [-0.39, 0.29) is 0 Å². The lowest BCUT2D eigenvalue weighted by Crippen LogP contribution is -2.38. The summed E-state index contributed by atoms with van der Waals surface area (Å²) in [6, 6.07) is 0. The quantitative estimate of drug-likeness (QED) is 0.900. The molecule has 1 aromatic heterocycles. The van der Waals surface area contributed by atoms with Crippen molar-refractivity contribution in [2.75, 3.05) is 11.9 Å². The highest BCUT2D eigenvalue weighted by Crippen LogP contribution is 2.29. The molecular weight excluding hydrogens is 276 g/mol. The van der Waals surface area contributed by atoms with Crippen molar-refractivity contribution >= 4 is 32.4 Å². The number of halogens is 1. The molecule has 84 valence electrons. The second-order valence-corrected chi connectivity index (χ2v) is 5.78. The predicted octanol–water partition coefficient (Wildman–Crippen LogP) is 3.01. The molecule has 1 aromatic rings. The van der Waals surface area contributed by atoms with Crippen molar-refractivity contribution in [1.29, 1.82) is 0 Å². The highest BCUT2D eigenvalue weighted by molar-refractivity contribution is 9.10. The third-order valence-corrected chi connectivity index (χ3v) is 4.34. The van der Waals surface area contributed by atoms with Crippen LogP contribution in [0.1, 0.15) is 32.1 Å². The Labute approximate surface area is 102 Å². The van der Waals surface area contributed by atoms with Gasteiger partial charge < -0.3 is 10.4 Å². The predicted molar refractivity (Wildman–Crippen MR) is 66.3 cm³/mol. The average Bonchev–Trinajstić information content (AvgIpc) is 2.63. The first-order chi connectivity index (χ1) is 7.18. The van der Waals surface area contributed by atoms with Gasteiger partial charge in [0.25, 0.3) is 0 Å². The zero-order valence-corrected chi connectivity index (χ0v) is 10.9. The summed E-state index contributed by atoms with van der Waals surface area (Å²) in [5, 5.41) is 16.3. The zero-order chi connectivity index (χ0) is 10.7. The average molecular weight is 291 g/mol. The molecule has 2 rings (SSSR count). The fraction of sp³-hybridized carbons (Fsp3) is 0.700. The Balaban J connectivity index is 1.86. The number of nitrogens with zero attached hydrogens (tertiary/aromatic N) is 1. The summed E-state index contributed by atoms with van der Waals surface area (Å²) in [6.07, 6.45) is 5.35. The van der Waals surface area contributed by atoms with E-state index in [1.807, 2.05) is 5.38 Å². The van der Waals surface area contributed by atoms with Gasteiger partial charge in [-0.25, -0.2) is 4.98 Å². The molecule has 0 aromatic carbocycles. The molecule has 0 saturated heterocycles. The second kappa shape index (κ2) is 4.80. The van der Waals surface area contributed by atoms with E-state index in [0.29, 0.717) is 6.54 Å². The van der Waals surface area contributed by atoms with Crippen molar-refractivity contribution in [3.05, 3.63) is 9.98 Å². The Morgan fingerprint density at radius 1 is 1.47 bits per heavy atom. The topological polar surface area (TPSA) is 45.1 Å². The minimum Gasteiger partial charge on any atom is -0.388 e. The van der Waals surface area contributed by atoms with Crippen LogP contribution in [0.15, 0.2) is 9.98 Å². The Hall–Kier alpha value is -0.130. The number of aromatic nitrogens is 1. The van der Waals surface area contributed by atoms with E-state index in [1.54, 1.807) is 11.3 Å². The van der Waals surface area contributed by atoms with E-state index >= 15 is 0 Å². The number of thiazole rings is 1. The Morgan fingerprint density at radius 3 is 2.80 bits per heavy atom. The first-order valence-corrected chi connectivity index (χ1v) is 6.93. The number of aliphatic hydroxyl groups is 1. The SMILES string of the molecule is OC1(CNc2nc(Br)cs2)CCCCC1. The van der Waals surface area contributed by atoms with Gasteiger partial charge in [-0.15, -0.1) is 11.3 Å². The van der Waals surface area contributed by atoms with Crippen LogP contribution in [0.4, 0.5) is 5.13 Å². The second-order valence-electron chi connectivity index (χ2n) is 4.11. The molecule has 0 atom stereocenters. The standard InChI is InChI=1S/C10H15BrN2OS/c11-8-6-15-9(13-8)12-7-10(14)4-2-1-3-5-10/h6,14H,1-5,7H2,(H,12,13). The molecule has 0 unspecified atom stereocenters. The third kappa shape index (κ3) is 3.16. The van der Waals surface area contributed by atoms with Gasteiger partial charge in [-0.1, -0.05) is 19.3 Å². The van der Waals surface area contributed by atoms with Crippen LogP contribution in [0, 0.1) is 0 Å². The van der Waals surface area contributed by atoms with Gasteiger partial charge in [0, 0.05) is 11.9 Å². The van der Waals surface area contributed by atoms with Crippen molar-refractivity contribution in [1.82, 2.24) is 4.98 Å². The number of hydrogen-bond acceptors (Lipinski definition) is 4. The highest BCUT2D eigenvalue weighted by atomic mass is 79.9. The number of nitrogens with one attached hydrogen (secondary N) is 1. The van der Waals surface area contributed by atoms with E-state index in [0.717, 1.165) is 35.4 Å². The van der Waals surface area contributed by atoms with Crippen molar-refractivity contribution in [2.45, 2.75) is 37.7 Å². The summed E-state index contributed by atoms with van der Waals surface area (Å²) in [7, 11) is 0. The molecule has 1 aliphatic rings. The van der Waals surface area contributed by atoms with E-state index in [4.69, 9.17) is 0 Å². The fourth-order valence-electron chi connectivity index (χ4n) is 1.96. The Morgan fingerprint density at radius 2 is 2.20 bits per heavy atom. The Kier molecular flexibility index (Phi) is 3.64. The van der Waals surface area contributed by atoms with Gasteiger partial charge in [0.15, 0.2) is 5.13 Å². The lowest BCUT2D eigenvalue weighted by molar-refractivity contribution is 0.0167. The maximum absolute atomic E-state index is 10.2. The molecule has 0 bridgehead atoms. The maximum Gasteiger partial charge on any atom is 0.183 e. The first-order valence-electron chi connectivity index (χ1n) is 5.25. The molecule has 3 nitrogen and oxygen atoms in total. The molecule has 0 spiro atoms. The molecule has 0 amide bonds. The lowest BCUT2D eigenvalue weighted by Gasteiger charge is -2.31. The fourth-order valence-corrected chi connectivity index (χ4v) is 3.11. The van der Waals surface area contributed by atoms with Crippen molar-refractivity contribution < 1.29 is 5.11 Å². The summed E-state index contributed by atoms with van der Waals surface area (Å²) in [5.74, 6) is 0. The summed E-state index contributed by atoms with van der Waals surface area (Å²) < 4.78 is 0.852. The van der Waals surface area contributed by atoms with Crippen LogP contribution in [-0.2, 0) is 0 Å². The third-order valence-electron chi connectivity index (χ3n) is 2.83. The number of hydrogen-bond donors (Lipinski definition) is 2. The lowest BCUT2D eigenvalue weighted by atomic mass is 9.85. The molecule has 1 aliphatic carbocycles. The van der Waals surface area contributed by atoms with Crippen molar-refractivity contribution in [2.24, 2.45) is 0 Å². The van der Waals surface area contributed by atoms with Gasteiger partial charge in [0.1, 0.15) is 4.60 Å². The maximum atomic E-state index is 10.2. The smallest absolute Gasteiger partial charge is 0.183 e. The monoisotopic (exact) mass is 290 g/mol. The molecule has 0 radical (unpaired) electrons. The molecule has 1 heterocycles. The summed E-state index contributed by atoms with van der Waals surface area (Å²) in [4.78, 5) is 4.24. The molecule has 2 N–H and O–H groups in total. The normalized spacial score (nSPS) is 20.1. The van der Waals surface area contributed by atoms with E-state index in [9.17, 15) is 5.11 Å². The van der Waals surface area contributed by atoms with Gasteiger partial charge in [-0.05, 0) is 28.8 Å². The van der Waals surface area contributed by atoms with Crippen LogP contribution in [0.3, 0.4) is 0 Å². The number of anilines is 1. The first kappa shape index (κ1) is 11.4. The number of rotatable bonds is 3. The van der Waals surface area contributed by atoms with Crippen molar-refractivity contribution in [3.63, 3.8) is 0 Å². The van der Waals surface area contributed by atoms with E-state index in [1.165, 1.54) is 6.42 Å². The van der Waals surface area contributed by atoms with Gasteiger partial charge >= 0.3 is 0 Å². The zero-order valence-electron chi connectivity index (χ0n) is 8.50. The van der Waals surface area contributed by atoms with Crippen LogP contribution >= 0.6 is 27.3 Å². The minimum atomic E-state index is -0.517. The van der Waals surface area contributed by atoms with Gasteiger partial charge in [-0.2, -0.15) is 0 Å².